The van der Waals surface area contributed by atoms with Gasteiger partial charge in [-0.25, -0.2) is 9.79 Å². The van der Waals surface area contributed by atoms with E-state index in [0.29, 0.717) is 20.6 Å². The van der Waals surface area contributed by atoms with Crippen LogP contribution in [0, 0.1) is 0 Å². The highest BCUT2D eigenvalue weighted by atomic mass is 32.2. The molecule has 0 N–H and O–H groups in total. The summed E-state index contributed by atoms with van der Waals surface area (Å²) in [5, 5.41) is 0. The molecule has 0 aliphatic carbocycles. The van der Waals surface area contributed by atoms with Crippen molar-refractivity contribution in [2.45, 2.75) is 22.8 Å². The van der Waals surface area contributed by atoms with Crippen molar-refractivity contribution in [2.75, 3.05) is 19.1 Å². The zero-order valence-electron chi connectivity index (χ0n) is 21.2. The maximum atomic E-state index is 13.9. The first kappa shape index (κ1) is 26.3. The zero-order chi connectivity index (χ0) is 26.6. The number of hydrogen-bond acceptors (Lipinski definition) is 7. The number of aromatic nitrogens is 1. The molecule has 0 fully saturated rings. The summed E-state index contributed by atoms with van der Waals surface area (Å²) in [6.45, 7) is 2.00. The second-order valence-corrected chi connectivity index (χ2v) is 11.2. The highest BCUT2D eigenvalue weighted by molar-refractivity contribution is 7.98. The molecular weight excluding hydrogens is 533 g/mol. The van der Waals surface area contributed by atoms with Crippen LogP contribution >= 0.6 is 34.9 Å². The molecule has 0 saturated carbocycles. The maximum Gasteiger partial charge on any atom is 0.338 e. The maximum absolute atomic E-state index is 13.9. The third-order valence-electron chi connectivity index (χ3n) is 6.22. The summed E-state index contributed by atoms with van der Waals surface area (Å²) in [4.78, 5) is 35.1. The quantitative estimate of drug-likeness (QED) is 0.225. The van der Waals surface area contributed by atoms with Gasteiger partial charge in [-0.3, -0.25) is 9.36 Å². The lowest BCUT2D eigenvalue weighted by Crippen LogP contribution is -2.40. The van der Waals surface area contributed by atoms with Gasteiger partial charge in [0.05, 0.1) is 28.5 Å². The largest absolute Gasteiger partial charge is 0.463 e. The van der Waals surface area contributed by atoms with Crippen LogP contribution in [0.2, 0.25) is 0 Å². The van der Waals surface area contributed by atoms with Gasteiger partial charge in [0.1, 0.15) is 0 Å². The molecule has 1 atom stereocenters. The Morgan fingerprint density at radius 1 is 0.974 bits per heavy atom. The Morgan fingerprint density at radius 3 is 2.21 bits per heavy atom. The smallest absolute Gasteiger partial charge is 0.338 e. The monoisotopic (exact) mass is 558 g/mol. The third kappa shape index (κ3) is 5.16. The van der Waals surface area contributed by atoms with E-state index in [1.807, 2.05) is 97.5 Å². The van der Waals surface area contributed by atoms with Gasteiger partial charge < -0.3 is 4.74 Å². The van der Waals surface area contributed by atoms with Crippen LogP contribution in [0.25, 0.3) is 11.8 Å². The number of fused-ring (bicyclic) bond motifs is 1. The molecule has 38 heavy (non-hydrogen) atoms. The van der Waals surface area contributed by atoms with Crippen LogP contribution in [-0.2, 0) is 9.53 Å². The lowest BCUT2D eigenvalue weighted by molar-refractivity contribution is -0.138. The number of carbonyl (C=O) groups is 1. The number of rotatable bonds is 7. The number of benzene rings is 3. The van der Waals surface area contributed by atoms with Crippen molar-refractivity contribution in [2.24, 2.45) is 4.99 Å². The summed E-state index contributed by atoms with van der Waals surface area (Å²) in [7, 11) is 0. The fourth-order valence-electron chi connectivity index (χ4n) is 4.39. The summed E-state index contributed by atoms with van der Waals surface area (Å²) in [6, 6.07) is 25.0. The molecule has 8 heteroatoms. The van der Waals surface area contributed by atoms with E-state index in [-0.39, 0.29) is 12.2 Å². The molecule has 5 nitrogen and oxygen atoms in total. The SMILES string of the molecule is CCOC(=O)C1=C(c2ccccc2)N=c2s/c(=C\c3ccc(SC)cc3)c(=O)n2[C@H]1c1ccc(SC)cc1. The summed E-state index contributed by atoms with van der Waals surface area (Å²) in [5.74, 6) is -0.476. The molecule has 192 valence electrons. The first-order chi connectivity index (χ1) is 18.5. The average Bonchev–Trinajstić information content (AvgIpc) is 3.27. The molecule has 0 saturated heterocycles. The van der Waals surface area contributed by atoms with Crippen LogP contribution in [0.15, 0.2) is 104 Å². The second-order valence-electron chi connectivity index (χ2n) is 8.48. The van der Waals surface area contributed by atoms with Gasteiger partial charge in [0.15, 0.2) is 4.80 Å². The predicted octanol–water partition coefficient (Wildman–Crippen LogP) is 5.38. The fraction of sp³-hybridized carbons (Fsp3) is 0.167. The highest BCUT2D eigenvalue weighted by Gasteiger charge is 2.35. The van der Waals surface area contributed by atoms with Gasteiger partial charge in [0, 0.05) is 15.4 Å². The van der Waals surface area contributed by atoms with E-state index in [0.717, 1.165) is 26.5 Å². The Hall–Kier alpha value is -3.33. The number of thiazole rings is 1. The summed E-state index contributed by atoms with van der Waals surface area (Å²) in [5.41, 5.74) is 3.26. The number of hydrogen-bond donors (Lipinski definition) is 0. The molecule has 1 aromatic heterocycles. The number of ether oxygens (including phenoxy) is 1. The van der Waals surface area contributed by atoms with Crippen LogP contribution in [0.5, 0.6) is 0 Å². The van der Waals surface area contributed by atoms with Crippen molar-refractivity contribution in [3.05, 3.63) is 121 Å². The van der Waals surface area contributed by atoms with E-state index in [4.69, 9.17) is 9.73 Å². The van der Waals surface area contributed by atoms with Crippen molar-refractivity contribution >= 4 is 52.6 Å². The van der Waals surface area contributed by atoms with E-state index < -0.39 is 12.0 Å². The molecular formula is C30H26N2O3S3. The minimum Gasteiger partial charge on any atom is -0.463 e. The Bertz CT molecular complexity index is 1670. The molecule has 0 amide bonds. The molecule has 5 rings (SSSR count). The lowest BCUT2D eigenvalue weighted by Gasteiger charge is -2.26. The fourth-order valence-corrected chi connectivity index (χ4v) is 6.21. The van der Waals surface area contributed by atoms with Crippen molar-refractivity contribution in [3.8, 4) is 0 Å². The summed E-state index contributed by atoms with van der Waals surface area (Å²) >= 11 is 4.64. The van der Waals surface area contributed by atoms with Crippen molar-refractivity contribution < 1.29 is 9.53 Å². The van der Waals surface area contributed by atoms with Crippen molar-refractivity contribution in [1.82, 2.24) is 4.57 Å². The molecule has 0 bridgehead atoms. The second kappa shape index (κ2) is 11.6. The van der Waals surface area contributed by atoms with E-state index in [1.165, 1.54) is 11.3 Å². The molecule has 3 aromatic carbocycles. The average molecular weight is 559 g/mol. The first-order valence-corrected chi connectivity index (χ1v) is 15.4. The van der Waals surface area contributed by atoms with Gasteiger partial charge in [0.25, 0.3) is 5.56 Å². The van der Waals surface area contributed by atoms with E-state index in [1.54, 1.807) is 35.0 Å². The first-order valence-electron chi connectivity index (χ1n) is 12.1. The molecule has 0 radical (unpaired) electrons. The Kier molecular flexibility index (Phi) is 8.02. The lowest BCUT2D eigenvalue weighted by atomic mass is 9.93. The van der Waals surface area contributed by atoms with Gasteiger partial charge in [0.2, 0.25) is 0 Å². The summed E-state index contributed by atoms with van der Waals surface area (Å²) in [6.07, 6.45) is 5.93. The number of esters is 1. The molecule has 0 spiro atoms. The van der Waals surface area contributed by atoms with E-state index in [9.17, 15) is 9.59 Å². The van der Waals surface area contributed by atoms with Crippen LogP contribution < -0.4 is 14.9 Å². The third-order valence-corrected chi connectivity index (χ3v) is 8.69. The van der Waals surface area contributed by atoms with Gasteiger partial charge in [-0.2, -0.15) is 0 Å². The van der Waals surface area contributed by atoms with Gasteiger partial charge in [-0.05, 0) is 60.9 Å². The Labute approximate surface area is 233 Å². The Balaban J connectivity index is 1.79. The highest BCUT2D eigenvalue weighted by Crippen LogP contribution is 2.35. The predicted molar refractivity (Wildman–Crippen MR) is 158 cm³/mol. The molecule has 2 heterocycles. The minimum absolute atomic E-state index is 0.185. The standard InChI is InChI=1S/C30H26N2O3S3/c1-4-35-29(34)25-26(20-8-6-5-7-9-20)31-30-32(27(25)21-12-16-23(37-3)17-13-21)28(33)24(38-30)18-19-10-14-22(36-2)15-11-19/h5-18,27H,4H2,1-3H3/b24-18-/t27-/m0/s1. The molecule has 1 aliphatic rings. The normalized spacial score (nSPS) is 15.2. The van der Waals surface area contributed by atoms with Gasteiger partial charge in [-0.15, -0.1) is 23.5 Å². The van der Waals surface area contributed by atoms with Crippen LogP contribution in [0.1, 0.15) is 29.7 Å². The Morgan fingerprint density at radius 2 is 1.61 bits per heavy atom. The van der Waals surface area contributed by atoms with E-state index >= 15 is 0 Å². The van der Waals surface area contributed by atoms with Crippen molar-refractivity contribution in [3.63, 3.8) is 0 Å². The number of nitrogens with zero attached hydrogens (tertiary/aromatic N) is 2. The number of carbonyl (C=O) groups excluding carboxylic acids is 1. The molecule has 0 unspecified atom stereocenters. The van der Waals surface area contributed by atoms with Gasteiger partial charge >= 0.3 is 5.97 Å². The minimum atomic E-state index is -0.669. The summed E-state index contributed by atoms with van der Waals surface area (Å²) < 4.78 is 7.72. The molecule has 1 aliphatic heterocycles. The number of thioether (sulfide) groups is 2. The van der Waals surface area contributed by atoms with Crippen molar-refractivity contribution in [1.29, 1.82) is 0 Å². The van der Waals surface area contributed by atoms with Crippen LogP contribution in [0.4, 0.5) is 0 Å². The van der Waals surface area contributed by atoms with E-state index in [2.05, 4.69) is 0 Å². The van der Waals surface area contributed by atoms with Gasteiger partial charge in [-0.1, -0.05) is 65.9 Å². The van der Waals surface area contributed by atoms with Crippen LogP contribution in [0.3, 0.4) is 0 Å². The zero-order valence-corrected chi connectivity index (χ0v) is 23.7. The van der Waals surface area contributed by atoms with Crippen LogP contribution in [-0.4, -0.2) is 29.7 Å². The topological polar surface area (TPSA) is 60.7 Å². The molecule has 4 aromatic rings.